The Morgan fingerprint density at radius 2 is 1.43 bits per heavy atom. The first-order valence-electron chi connectivity index (χ1n) is 10.6. The molecule has 2 N–H and O–H groups in total. The number of amides is 2. The molecule has 156 valence electrons. The highest BCUT2D eigenvalue weighted by Crippen LogP contribution is 2.22. The van der Waals surface area contributed by atoms with Crippen molar-refractivity contribution in [3.8, 4) is 0 Å². The molecule has 0 aliphatic carbocycles. The molecule has 1 aliphatic rings. The van der Waals surface area contributed by atoms with E-state index >= 15 is 0 Å². The third kappa shape index (κ3) is 6.60. The van der Waals surface area contributed by atoms with E-state index < -0.39 is 0 Å². The van der Waals surface area contributed by atoms with Gasteiger partial charge in [0.2, 0.25) is 11.8 Å². The van der Waals surface area contributed by atoms with E-state index in [1.54, 1.807) is 0 Å². The molecular weight excluding hydrogens is 352 g/mol. The van der Waals surface area contributed by atoms with Crippen LogP contribution in [0.1, 0.15) is 45.2 Å². The second kappa shape index (κ2) is 11.2. The summed E-state index contributed by atoms with van der Waals surface area (Å²) < 4.78 is 0. The Labute approximate surface area is 169 Å². The van der Waals surface area contributed by atoms with E-state index in [9.17, 15) is 9.59 Å². The molecular formula is C22H36N4O2. The molecule has 1 aromatic rings. The third-order valence-electron chi connectivity index (χ3n) is 5.48. The fourth-order valence-corrected chi connectivity index (χ4v) is 3.52. The third-order valence-corrected chi connectivity index (χ3v) is 5.48. The maximum Gasteiger partial charge on any atom is 0.238 e. The van der Waals surface area contributed by atoms with Crippen molar-refractivity contribution in [2.24, 2.45) is 0 Å². The van der Waals surface area contributed by atoms with Gasteiger partial charge in [-0.25, -0.2) is 0 Å². The van der Waals surface area contributed by atoms with Gasteiger partial charge in [0.25, 0.3) is 0 Å². The highest BCUT2D eigenvalue weighted by atomic mass is 16.2. The van der Waals surface area contributed by atoms with Crippen LogP contribution in [0.5, 0.6) is 0 Å². The predicted octanol–water partition coefficient (Wildman–Crippen LogP) is 2.28. The normalized spacial score (nSPS) is 16.6. The maximum atomic E-state index is 12.6. The van der Waals surface area contributed by atoms with Crippen molar-refractivity contribution in [3.05, 3.63) is 29.3 Å². The molecule has 6 nitrogen and oxygen atoms in total. The van der Waals surface area contributed by atoms with E-state index in [0.717, 1.165) is 51.1 Å². The summed E-state index contributed by atoms with van der Waals surface area (Å²) in [6.45, 7) is 12.4. The van der Waals surface area contributed by atoms with Crippen LogP contribution in [0.4, 0.5) is 5.69 Å². The number of piperazine rings is 1. The molecule has 0 radical (unpaired) electrons. The van der Waals surface area contributed by atoms with E-state index in [2.05, 4.69) is 59.4 Å². The highest BCUT2D eigenvalue weighted by molar-refractivity contribution is 5.93. The first-order valence-corrected chi connectivity index (χ1v) is 10.6. The summed E-state index contributed by atoms with van der Waals surface area (Å²) in [5.74, 6) is 0.127. The van der Waals surface area contributed by atoms with Crippen molar-refractivity contribution in [3.63, 3.8) is 0 Å². The summed E-state index contributed by atoms with van der Waals surface area (Å²) in [5, 5.41) is 6.15. The van der Waals surface area contributed by atoms with Crippen LogP contribution < -0.4 is 10.6 Å². The summed E-state index contributed by atoms with van der Waals surface area (Å²) in [7, 11) is 0. The van der Waals surface area contributed by atoms with Crippen molar-refractivity contribution in [2.45, 2.75) is 53.0 Å². The van der Waals surface area contributed by atoms with Crippen molar-refractivity contribution in [1.29, 1.82) is 0 Å². The Balaban J connectivity index is 1.80. The number of hydrogen-bond acceptors (Lipinski definition) is 4. The molecule has 0 aromatic heterocycles. The van der Waals surface area contributed by atoms with Crippen LogP contribution in [-0.2, 0) is 22.4 Å². The van der Waals surface area contributed by atoms with Crippen molar-refractivity contribution < 1.29 is 9.59 Å². The van der Waals surface area contributed by atoms with Gasteiger partial charge < -0.3 is 10.6 Å². The van der Waals surface area contributed by atoms with Crippen LogP contribution in [0.15, 0.2) is 18.2 Å². The molecule has 2 amide bonds. The molecule has 0 spiro atoms. The van der Waals surface area contributed by atoms with Crippen molar-refractivity contribution in [1.82, 2.24) is 15.1 Å². The summed E-state index contributed by atoms with van der Waals surface area (Å²) in [5.41, 5.74) is 3.35. The lowest BCUT2D eigenvalue weighted by Crippen LogP contribution is -2.51. The molecule has 1 saturated heterocycles. The van der Waals surface area contributed by atoms with Crippen molar-refractivity contribution in [2.75, 3.05) is 44.6 Å². The Kier molecular flexibility index (Phi) is 8.93. The van der Waals surface area contributed by atoms with Gasteiger partial charge in [-0.15, -0.1) is 0 Å². The lowest BCUT2D eigenvalue weighted by atomic mass is 10.0. The van der Waals surface area contributed by atoms with Gasteiger partial charge in [-0.1, -0.05) is 39.0 Å². The highest BCUT2D eigenvalue weighted by Gasteiger charge is 2.21. The number of carbonyl (C=O) groups excluding carboxylic acids is 2. The summed E-state index contributed by atoms with van der Waals surface area (Å²) in [6.07, 6.45) is 2.75. The number of nitrogens with zero attached hydrogens (tertiary/aromatic N) is 2. The minimum atomic E-state index is 0.0403. The zero-order valence-corrected chi connectivity index (χ0v) is 17.9. The van der Waals surface area contributed by atoms with Gasteiger partial charge in [0.15, 0.2) is 0 Å². The molecule has 1 aliphatic heterocycles. The van der Waals surface area contributed by atoms with Crippen LogP contribution in [0.3, 0.4) is 0 Å². The predicted molar refractivity (Wildman–Crippen MR) is 115 cm³/mol. The number of rotatable bonds is 9. The zero-order chi connectivity index (χ0) is 20.5. The molecule has 0 saturated carbocycles. The Bertz CT molecular complexity index is 632. The van der Waals surface area contributed by atoms with E-state index in [4.69, 9.17) is 0 Å². The standard InChI is InChI=1S/C22H36N4O2/c1-5-17(4)23-20(27)15-25-11-13-26(14-12-25)16-21(28)24-22-18(6-2)9-8-10-19(22)7-3/h8-10,17H,5-7,11-16H2,1-4H3,(H,23,27)(H,24,28). The first-order chi connectivity index (χ1) is 13.5. The first kappa shape index (κ1) is 22.4. The van der Waals surface area contributed by atoms with E-state index in [1.807, 2.05) is 6.92 Å². The van der Waals surface area contributed by atoms with Gasteiger partial charge in [-0.05, 0) is 37.3 Å². The molecule has 1 heterocycles. The Morgan fingerprint density at radius 1 is 0.929 bits per heavy atom. The largest absolute Gasteiger partial charge is 0.353 e. The summed E-state index contributed by atoms with van der Waals surface area (Å²) >= 11 is 0. The molecule has 0 bridgehead atoms. The SMILES string of the molecule is CCc1cccc(CC)c1NC(=O)CN1CCN(CC(=O)NC(C)CC)CC1. The van der Waals surface area contributed by atoms with Crippen molar-refractivity contribution >= 4 is 17.5 Å². The number of aryl methyl sites for hydroxylation is 2. The molecule has 2 rings (SSSR count). The fourth-order valence-electron chi connectivity index (χ4n) is 3.52. The van der Waals surface area contributed by atoms with Gasteiger partial charge >= 0.3 is 0 Å². The van der Waals surface area contributed by atoms with Crippen LogP contribution in [0, 0.1) is 0 Å². The number of nitrogens with one attached hydrogen (secondary N) is 2. The lowest BCUT2D eigenvalue weighted by Gasteiger charge is -2.34. The maximum absolute atomic E-state index is 12.6. The minimum Gasteiger partial charge on any atom is -0.353 e. The van der Waals surface area contributed by atoms with Crippen LogP contribution in [-0.4, -0.2) is 66.9 Å². The van der Waals surface area contributed by atoms with Gasteiger partial charge in [-0.2, -0.15) is 0 Å². The second-order valence-corrected chi connectivity index (χ2v) is 7.64. The monoisotopic (exact) mass is 388 g/mol. The van der Waals surface area contributed by atoms with E-state index in [0.29, 0.717) is 13.1 Å². The molecule has 1 fully saturated rings. The molecule has 6 heteroatoms. The smallest absolute Gasteiger partial charge is 0.238 e. The molecule has 28 heavy (non-hydrogen) atoms. The molecule has 1 unspecified atom stereocenters. The topological polar surface area (TPSA) is 64.7 Å². The molecule has 1 atom stereocenters. The van der Waals surface area contributed by atoms with Gasteiger partial charge in [0.1, 0.15) is 0 Å². The second-order valence-electron chi connectivity index (χ2n) is 7.64. The molecule has 1 aromatic carbocycles. The Morgan fingerprint density at radius 3 is 1.89 bits per heavy atom. The lowest BCUT2D eigenvalue weighted by molar-refractivity contribution is -0.124. The van der Waals surface area contributed by atoms with E-state index in [1.165, 1.54) is 11.1 Å². The summed E-state index contributed by atoms with van der Waals surface area (Å²) in [4.78, 5) is 29.0. The fraction of sp³-hybridized carbons (Fsp3) is 0.636. The average Bonchev–Trinajstić information content (AvgIpc) is 2.69. The number of carbonyl (C=O) groups is 2. The van der Waals surface area contributed by atoms with Crippen LogP contribution in [0.25, 0.3) is 0 Å². The minimum absolute atomic E-state index is 0.0403. The number of anilines is 1. The van der Waals surface area contributed by atoms with Crippen LogP contribution in [0.2, 0.25) is 0 Å². The quantitative estimate of drug-likeness (QED) is 0.681. The van der Waals surface area contributed by atoms with Crippen LogP contribution >= 0.6 is 0 Å². The summed E-state index contributed by atoms with van der Waals surface area (Å²) in [6, 6.07) is 6.44. The van der Waals surface area contributed by atoms with Gasteiger partial charge in [0.05, 0.1) is 13.1 Å². The number of para-hydroxylation sites is 1. The van der Waals surface area contributed by atoms with Gasteiger partial charge in [-0.3, -0.25) is 19.4 Å². The van der Waals surface area contributed by atoms with E-state index in [-0.39, 0.29) is 17.9 Å². The zero-order valence-electron chi connectivity index (χ0n) is 17.9. The number of benzene rings is 1. The number of hydrogen-bond donors (Lipinski definition) is 2. The Hall–Kier alpha value is -1.92. The van der Waals surface area contributed by atoms with Gasteiger partial charge in [0, 0.05) is 37.9 Å². The average molecular weight is 389 g/mol.